The van der Waals surface area contributed by atoms with E-state index in [4.69, 9.17) is 25.9 Å². The summed E-state index contributed by atoms with van der Waals surface area (Å²) in [5.41, 5.74) is 7.58. The zero-order valence-corrected chi connectivity index (χ0v) is 20.7. The summed E-state index contributed by atoms with van der Waals surface area (Å²) in [6.07, 6.45) is 2.80. The average molecular weight is 493 g/mol. The van der Waals surface area contributed by atoms with Gasteiger partial charge >= 0.3 is 5.97 Å². The van der Waals surface area contributed by atoms with Gasteiger partial charge in [-0.3, -0.25) is 9.88 Å². The molecule has 0 spiro atoms. The number of carbonyl (C=O) groups excluding carboxylic acids is 1. The van der Waals surface area contributed by atoms with Gasteiger partial charge in [0.25, 0.3) is 0 Å². The lowest BCUT2D eigenvalue weighted by molar-refractivity contribution is -0.142. The van der Waals surface area contributed by atoms with Crippen LogP contribution in [-0.2, 0) is 20.7 Å². The largest absolute Gasteiger partial charge is 0.508 e. The van der Waals surface area contributed by atoms with Crippen LogP contribution in [-0.4, -0.2) is 63.8 Å². The predicted octanol–water partition coefficient (Wildman–Crippen LogP) is 1.71. The van der Waals surface area contributed by atoms with E-state index >= 15 is 0 Å². The number of phenols is 1. The minimum Gasteiger partial charge on any atom is -0.508 e. The number of nitrogens with zero attached hydrogens (tertiary/aromatic N) is 4. The smallest absolute Gasteiger partial charge is 0.322 e. The number of aliphatic hydroxyl groups excluding tert-OH is 1. The van der Waals surface area contributed by atoms with Crippen LogP contribution in [0.15, 0.2) is 48.8 Å². The van der Waals surface area contributed by atoms with Crippen LogP contribution in [0.1, 0.15) is 19.0 Å². The van der Waals surface area contributed by atoms with Gasteiger partial charge in [0.15, 0.2) is 5.82 Å². The molecule has 2 aromatic heterocycles. The molecule has 0 bridgehead atoms. The van der Waals surface area contributed by atoms with E-state index in [1.807, 2.05) is 18.2 Å². The lowest BCUT2D eigenvalue weighted by Crippen LogP contribution is -2.27. The first-order valence-corrected chi connectivity index (χ1v) is 10.7. The number of rotatable bonds is 7. The SMILES string of the molecule is C#N.COC(=O)C(C)NP.COC(CO)CCc1ccc2c(N)ncnn12.Oc1ccccc1. The summed E-state index contributed by atoms with van der Waals surface area (Å²) >= 11 is 0. The standard InChI is InChI=1S/C11H16N4O2.C6H6O.C4H10NO2P.CHN/c1-17-9(6-16)4-2-8-3-5-10-11(12)13-7-14-15(8)10;7-6-4-2-1-3-5-6;1-3(5-8)4(6)7-2;1-2/h3,5,7,9,16H,2,4,6H2,1H3,(H2,12,13,14);1-5,7H;3,5H,8H2,1-2H3;1H. The van der Waals surface area contributed by atoms with Crippen LogP contribution >= 0.6 is 9.39 Å². The molecule has 5 N–H and O–H groups in total. The number of nitriles is 1. The summed E-state index contributed by atoms with van der Waals surface area (Å²) in [7, 11) is 5.20. The third kappa shape index (κ3) is 11.0. The van der Waals surface area contributed by atoms with E-state index < -0.39 is 0 Å². The number of nitrogen functional groups attached to an aromatic ring is 1. The average Bonchev–Trinajstić information content (AvgIpc) is 3.30. The minimum atomic E-state index is -0.250. The number of aromatic nitrogens is 3. The molecule has 2 heterocycles. The van der Waals surface area contributed by atoms with Crippen molar-refractivity contribution >= 4 is 26.7 Å². The molecule has 34 heavy (non-hydrogen) atoms. The molecule has 0 saturated heterocycles. The summed E-state index contributed by atoms with van der Waals surface area (Å²) < 4.78 is 11.3. The molecule has 3 rings (SSSR count). The zero-order valence-electron chi connectivity index (χ0n) is 19.5. The number of benzene rings is 1. The summed E-state index contributed by atoms with van der Waals surface area (Å²) in [6, 6.07) is 12.3. The van der Waals surface area contributed by atoms with Crippen molar-refractivity contribution in [1.82, 2.24) is 19.7 Å². The van der Waals surface area contributed by atoms with Crippen LogP contribution in [0.3, 0.4) is 0 Å². The van der Waals surface area contributed by atoms with Crippen molar-refractivity contribution in [3.8, 4) is 12.3 Å². The van der Waals surface area contributed by atoms with Crippen LogP contribution in [0.2, 0.25) is 0 Å². The first kappa shape index (κ1) is 30.7. The number of fused-ring (bicyclic) bond motifs is 1. The van der Waals surface area contributed by atoms with Crippen molar-refractivity contribution in [3.05, 3.63) is 54.5 Å². The number of aliphatic hydroxyl groups is 1. The quantitative estimate of drug-likeness (QED) is 0.281. The number of methoxy groups -OCH3 is 2. The zero-order chi connectivity index (χ0) is 25.9. The molecule has 1 aromatic carbocycles. The molecule has 0 radical (unpaired) electrons. The highest BCUT2D eigenvalue weighted by Gasteiger charge is 2.10. The van der Waals surface area contributed by atoms with Gasteiger partial charge in [-0.05, 0) is 44.0 Å². The number of carbonyl (C=O) groups is 1. The molecule has 3 aromatic rings. The molecule has 0 aliphatic heterocycles. The monoisotopic (exact) mass is 492 g/mol. The Balaban J connectivity index is 0.000000534. The first-order valence-electron chi connectivity index (χ1n) is 10.1. The molecule has 0 saturated carbocycles. The second-order valence-electron chi connectivity index (χ2n) is 6.59. The molecule has 0 amide bonds. The maximum absolute atomic E-state index is 10.4. The number of aromatic hydroxyl groups is 1. The third-order valence-electron chi connectivity index (χ3n) is 4.38. The van der Waals surface area contributed by atoms with Crippen molar-refractivity contribution < 1.29 is 24.5 Å². The van der Waals surface area contributed by atoms with Gasteiger partial charge in [0.05, 0.1) is 19.8 Å². The number of phenolic OH excluding ortho intramolecular Hbond substituents is 1. The van der Waals surface area contributed by atoms with Crippen LogP contribution in [0.5, 0.6) is 5.75 Å². The van der Waals surface area contributed by atoms with Gasteiger partial charge in [0, 0.05) is 19.4 Å². The minimum absolute atomic E-state index is 0.0247. The van der Waals surface area contributed by atoms with E-state index in [2.05, 4.69) is 35.9 Å². The van der Waals surface area contributed by atoms with Crippen molar-refractivity contribution in [1.29, 1.82) is 5.26 Å². The predicted molar refractivity (Wildman–Crippen MR) is 133 cm³/mol. The molecule has 11 nitrogen and oxygen atoms in total. The van der Waals surface area contributed by atoms with E-state index in [1.54, 1.807) is 42.8 Å². The van der Waals surface area contributed by atoms with Gasteiger partial charge in [-0.25, -0.2) is 14.8 Å². The highest BCUT2D eigenvalue weighted by Crippen LogP contribution is 2.15. The number of hydrogen-bond acceptors (Lipinski definition) is 10. The van der Waals surface area contributed by atoms with Gasteiger partial charge < -0.3 is 25.4 Å². The Kier molecular flexibility index (Phi) is 16.4. The van der Waals surface area contributed by atoms with Gasteiger partial charge in [0.2, 0.25) is 0 Å². The fourth-order valence-electron chi connectivity index (χ4n) is 2.46. The summed E-state index contributed by atoms with van der Waals surface area (Å²) in [4.78, 5) is 14.4. The van der Waals surface area contributed by atoms with E-state index in [0.717, 1.165) is 24.1 Å². The Morgan fingerprint density at radius 1 is 1.26 bits per heavy atom. The number of hydrogen-bond donors (Lipinski definition) is 4. The maximum atomic E-state index is 10.4. The Labute approximate surface area is 201 Å². The maximum Gasteiger partial charge on any atom is 0.322 e. The molecule has 3 unspecified atom stereocenters. The lowest BCUT2D eigenvalue weighted by Gasteiger charge is -2.11. The number of nitrogens with two attached hydrogens (primary N) is 1. The second-order valence-corrected chi connectivity index (χ2v) is 6.93. The highest BCUT2D eigenvalue weighted by molar-refractivity contribution is 7.13. The molecule has 3 atom stereocenters. The number of nitrogens with one attached hydrogen (secondary N) is 1. The van der Waals surface area contributed by atoms with Crippen LogP contribution in [0, 0.1) is 11.8 Å². The van der Waals surface area contributed by atoms with Gasteiger partial charge in [-0.2, -0.15) is 5.10 Å². The molecule has 0 aliphatic carbocycles. The lowest BCUT2D eigenvalue weighted by atomic mass is 10.1. The normalized spacial score (nSPS) is 11.4. The van der Waals surface area contributed by atoms with Crippen molar-refractivity contribution in [3.63, 3.8) is 0 Å². The Morgan fingerprint density at radius 3 is 2.35 bits per heavy atom. The van der Waals surface area contributed by atoms with Crippen molar-refractivity contribution in [2.24, 2.45) is 0 Å². The summed E-state index contributed by atoms with van der Waals surface area (Å²) in [6.45, 7) is 5.25. The number of ether oxygens (including phenoxy) is 2. The van der Waals surface area contributed by atoms with Gasteiger partial charge in [-0.1, -0.05) is 27.6 Å². The molecule has 186 valence electrons. The Morgan fingerprint density at radius 2 is 1.91 bits per heavy atom. The van der Waals surface area contributed by atoms with E-state index in [9.17, 15) is 4.79 Å². The molecule has 0 fully saturated rings. The van der Waals surface area contributed by atoms with Crippen molar-refractivity contribution in [2.75, 3.05) is 26.6 Å². The number of esters is 1. The Bertz CT molecular complexity index is 966. The second kappa shape index (κ2) is 18.2. The van der Waals surface area contributed by atoms with E-state index in [0.29, 0.717) is 11.6 Å². The molecular formula is C22H33N6O5P. The van der Waals surface area contributed by atoms with Crippen LogP contribution in [0.4, 0.5) is 5.82 Å². The fourth-order valence-corrected chi connectivity index (χ4v) is 2.60. The van der Waals surface area contributed by atoms with E-state index in [1.165, 1.54) is 13.4 Å². The number of anilines is 1. The fraction of sp³-hybridized carbons (Fsp3) is 0.364. The highest BCUT2D eigenvalue weighted by atomic mass is 31.0. The van der Waals surface area contributed by atoms with Crippen molar-refractivity contribution in [2.45, 2.75) is 31.9 Å². The summed E-state index contributed by atoms with van der Waals surface area (Å²) in [5, 5.41) is 31.0. The van der Waals surface area contributed by atoms with Gasteiger partial charge in [-0.15, -0.1) is 0 Å². The van der Waals surface area contributed by atoms with Crippen LogP contribution in [0.25, 0.3) is 5.52 Å². The van der Waals surface area contributed by atoms with Crippen LogP contribution < -0.4 is 10.8 Å². The molecular weight excluding hydrogens is 459 g/mol. The van der Waals surface area contributed by atoms with Gasteiger partial charge in [0.1, 0.15) is 23.6 Å². The number of aryl methyl sites for hydroxylation is 1. The summed E-state index contributed by atoms with van der Waals surface area (Å²) in [5.74, 6) is 0.541. The third-order valence-corrected chi connectivity index (χ3v) is 4.88. The number of para-hydroxylation sites is 1. The molecule has 0 aliphatic rings. The first-order chi connectivity index (χ1) is 16.4. The topological polar surface area (TPSA) is 168 Å². The molecule has 12 heteroatoms. The Hall–Kier alpha value is -3.29. The van der Waals surface area contributed by atoms with E-state index in [-0.39, 0.29) is 24.7 Å².